The minimum atomic E-state index is -4.01. The quantitative estimate of drug-likeness (QED) is 0.628. The smallest absolute Gasteiger partial charge is 0.421 e. The van der Waals surface area contributed by atoms with Crippen LogP contribution in [0.4, 0.5) is 4.79 Å². The highest BCUT2D eigenvalue weighted by molar-refractivity contribution is 7.90. The van der Waals surface area contributed by atoms with Crippen LogP contribution < -0.4 is 14.8 Å². The van der Waals surface area contributed by atoms with Gasteiger partial charge in [-0.1, -0.05) is 24.3 Å². The van der Waals surface area contributed by atoms with Crippen molar-refractivity contribution in [3.63, 3.8) is 0 Å². The highest BCUT2D eigenvalue weighted by Gasteiger charge is 2.19. The van der Waals surface area contributed by atoms with E-state index in [0.717, 1.165) is 5.56 Å². The van der Waals surface area contributed by atoms with E-state index in [-0.39, 0.29) is 10.8 Å². The van der Waals surface area contributed by atoms with Gasteiger partial charge < -0.3 is 14.8 Å². The summed E-state index contributed by atoms with van der Waals surface area (Å²) in [6.45, 7) is 5.92. The topological polar surface area (TPSA) is 111 Å². The number of nitrogens with one attached hydrogen (secondary N) is 2. The molecule has 2 amide bonds. The Morgan fingerprint density at radius 2 is 1.70 bits per heavy atom. The number of hydrogen-bond acceptors (Lipinski definition) is 6. The van der Waals surface area contributed by atoms with E-state index in [2.05, 4.69) is 5.32 Å². The lowest BCUT2D eigenvalue weighted by Gasteiger charge is -2.11. The number of sulfonamides is 1. The van der Waals surface area contributed by atoms with Crippen LogP contribution in [-0.2, 0) is 21.2 Å². The molecular weight excluding hydrogens is 408 g/mol. The maximum Gasteiger partial charge on any atom is 0.421 e. The number of hydrogen-bond donors (Lipinski definition) is 2. The highest BCUT2D eigenvalue weighted by atomic mass is 32.2. The zero-order valence-electron chi connectivity index (χ0n) is 17.2. The highest BCUT2D eigenvalue weighted by Crippen LogP contribution is 2.17. The Morgan fingerprint density at radius 3 is 2.33 bits per heavy atom. The van der Waals surface area contributed by atoms with Crippen LogP contribution in [-0.4, -0.2) is 39.7 Å². The molecule has 0 atom stereocenters. The van der Waals surface area contributed by atoms with Gasteiger partial charge in [0.25, 0.3) is 15.9 Å². The van der Waals surface area contributed by atoms with Crippen molar-refractivity contribution in [2.24, 2.45) is 0 Å². The number of para-hydroxylation sites is 1. The van der Waals surface area contributed by atoms with Crippen LogP contribution in [0, 0.1) is 0 Å². The second-order valence-corrected chi connectivity index (χ2v) is 8.32. The van der Waals surface area contributed by atoms with Crippen LogP contribution in [0.2, 0.25) is 0 Å². The normalized spacial score (nSPS) is 11.1. The summed E-state index contributed by atoms with van der Waals surface area (Å²) in [6.07, 6.45) is -0.950. The molecule has 0 aliphatic rings. The van der Waals surface area contributed by atoms with Crippen LogP contribution in [0.3, 0.4) is 0 Å². The van der Waals surface area contributed by atoms with Gasteiger partial charge in [0.2, 0.25) is 0 Å². The molecule has 0 spiro atoms. The summed E-state index contributed by atoms with van der Waals surface area (Å²) in [4.78, 5) is 23.9. The lowest BCUT2D eigenvalue weighted by molar-refractivity contribution is 0.0950. The van der Waals surface area contributed by atoms with Gasteiger partial charge in [-0.15, -0.1) is 0 Å². The van der Waals surface area contributed by atoms with Gasteiger partial charge in [0, 0.05) is 6.54 Å². The van der Waals surface area contributed by atoms with Gasteiger partial charge in [-0.3, -0.25) is 4.79 Å². The molecule has 0 fully saturated rings. The Labute approximate surface area is 176 Å². The van der Waals surface area contributed by atoms with E-state index in [1.54, 1.807) is 50.2 Å². The molecule has 0 saturated heterocycles. The van der Waals surface area contributed by atoms with Crippen molar-refractivity contribution in [1.29, 1.82) is 0 Å². The Morgan fingerprint density at radius 1 is 1.03 bits per heavy atom. The average molecular weight is 435 g/mol. The van der Waals surface area contributed by atoms with E-state index in [1.807, 2.05) is 11.6 Å². The van der Waals surface area contributed by atoms with Crippen molar-refractivity contribution >= 4 is 22.0 Å². The third kappa shape index (κ3) is 6.77. The summed E-state index contributed by atoms with van der Waals surface area (Å²) in [6, 6.07) is 13.0. The Hall–Kier alpha value is -3.07. The lowest BCUT2D eigenvalue weighted by atomic mass is 10.1. The number of carbonyl (C=O) groups is 2. The van der Waals surface area contributed by atoms with Gasteiger partial charge in [-0.25, -0.2) is 17.9 Å². The fourth-order valence-corrected chi connectivity index (χ4v) is 3.47. The molecule has 0 aliphatic carbocycles. The molecule has 0 unspecified atom stereocenters. The second kappa shape index (κ2) is 10.6. The molecule has 30 heavy (non-hydrogen) atoms. The van der Waals surface area contributed by atoms with E-state index in [9.17, 15) is 18.0 Å². The first-order valence-corrected chi connectivity index (χ1v) is 11.0. The van der Waals surface area contributed by atoms with Crippen LogP contribution in [0.15, 0.2) is 53.4 Å². The molecule has 9 heteroatoms. The van der Waals surface area contributed by atoms with Gasteiger partial charge in [0.15, 0.2) is 0 Å². The molecule has 0 heterocycles. The summed E-state index contributed by atoms with van der Waals surface area (Å²) in [5.41, 5.74) is 1.29. The van der Waals surface area contributed by atoms with E-state index in [4.69, 9.17) is 9.47 Å². The minimum Gasteiger partial charge on any atom is -0.493 e. The Bertz CT molecular complexity index is 971. The van der Waals surface area contributed by atoms with Crippen LogP contribution in [0.5, 0.6) is 5.75 Å². The van der Waals surface area contributed by atoms with Crippen LogP contribution >= 0.6 is 0 Å². The predicted molar refractivity (Wildman–Crippen MR) is 112 cm³/mol. The number of amides is 2. The molecule has 0 radical (unpaired) electrons. The van der Waals surface area contributed by atoms with Gasteiger partial charge >= 0.3 is 6.09 Å². The van der Waals surface area contributed by atoms with Crippen molar-refractivity contribution in [3.8, 4) is 5.75 Å². The molecule has 162 valence electrons. The summed E-state index contributed by atoms with van der Waals surface area (Å²) in [5.74, 6) is 0.279. The van der Waals surface area contributed by atoms with Gasteiger partial charge in [0.05, 0.1) is 23.2 Å². The molecule has 2 rings (SSSR count). The maximum absolute atomic E-state index is 12.4. The standard InChI is InChI=1S/C21H26N2O6S/c1-4-28-19-8-6-5-7-18(19)20(24)22-14-13-16-9-11-17(12-10-16)30(26,27)23-21(25)29-15(2)3/h5-12,15H,4,13-14H2,1-3H3,(H,22,24)(H,23,25). The summed E-state index contributed by atoms with van der Waals surface area (Å²) >= 11 is 0. The third-order valence-electron chi connectivity index (χ3n) is 3.92. The fraction of sp³-hybridized carbons (Fsp3) is 0.333. The molecule has 2 N–H and O–H groups in total. The predicted octanol–water partition coefficient (Wildman–Crippen LogP) is 2.88. The Balaban J connectivity index is 1.92. The zero-order valence-corrected chi connectivity index (χ0v) is 18.0. The monoisotopic (exact) mass is 434 g/mol. The van der Waals surface area contributed by atoms with Gasteiger partial charge in [0.1, 0.15) is 5.75 Å². The molecule has 2 aromatic rings. The van der Waals surface area contributed by atoms with Crippen molar-refractivity contribution in [2.45, 2.75) is 38.2 Å². The van der Waals surface area contributed by atoms with E-state index < -0.39 is 22.2 Å². The lowest BCUT2D eigenvalue weighted by Crippen LogP contribution is -2.32. The van der Waals surface area contributed by atoms with Crippen molar-refractivity contribution < 1.29 is 27.5 Å². The zero-order chi connectivity index (χ0) is 22.1. The van der Waals surface area contributed by atoms with E-state index in [0.29, 0.717) is 30.9 Å². The molecular formula is C21H26N2O6S. The third-order valence-corrected chi connectivity index (χ3v) is 5.25. The van der Waals surface area contributed by atoms with E-state index >= 15 is 0 Å². The van der Waals surface area contributed by atoms with Crippen molar-refractivity contribution in [2.75, 3.05) is 13.2 Å². The summed E-state index contributed by atoms with van der Waals surface area (Å²) < 4.78 is 36.5. The molecule has 0 aliphatic heterocycles. The molecule has 2 aromatic carbocycles. The molecule has 0 saturated carbocycles. The molecule has 8 nitrogen and oxygen atoms in total. The Kier molecular flexibility index (Phi) is 8.23. The minimum absolute atomic E-state index is 0.0540. The average Bonchev–Trinajstić information content (AvgIpc) is 2.68. The van der Waals surface area contributed by atoms with Crippen LogP contribution in [0.1, 0.15) is 36.7 Å². The molecule has 0 bridgehead atoms. The number of carbonyl (C=O) groups excluding carboxylic acids is 2. The number of benzene rings is 2. The number of ether oxygens (including phenoxy) is 2. The largest absolute Gasteiger partial charge is 0.493 e. The first-order valence-electron chi connectivity index (χ1n) is 9.55. The van der Waals surface area contributed by atoms with Gasteiger partial charge in [-0.2, -0.15) is 0 Å². The number of rotatable bonds is 9. The van der Waals surface area contributed by atoms with Gasteiger partial charge in [-0.05, 0) is 57.0 Å². The molecule has 0 aromatic heterocycles. The first-order chi connectivity index (χ1) is 14.2. The maximum atomic E-state index is 12.4. The van der Waals surface area contributed by atoms with E-state index in [1.165, 1.54) is 12.1 Å². The summed E-state index contributed by atoms with van der Waals surface area (Å²) in [5, 5.41) is 2.82. The van der Waals surface area contributed by atoms with Crippen molar-refractivity contribution in [1.82, 2.24) is 10.0 Å². The SMILES string of the molecule is CCOc1ccccc1C(=O)NCCc1ccc(S(=O)(=O)NC(=O)OC(C)C)cc1. The fourth-order valence-electron chi connectivity index (χ4n) is 2.59. The van der Waals surface area contributed by atoms with Crippen molar-refractivity contribution in [3.05, 3.63) is 59.7 Å². The van der Waals surface area contributed by atoms with Crippen LogP contribution in [0.25, 0.3) is 0 Å². The first kappa shape index (κ1) is 23.2. The second-order valence-electron chi connectivity index (χ2n) is 6.64. The summed E-state index contributed by atoms with van der Waals surface area (Å²) in [7, 11) is -4.01.